The lowest BCUT2D eigenvalue weighted by atomic mass is 10.0. The summed E-state index contributed by atoms with van der Waals surface area (Å²) in [5, 5.41) is 9.72. The van der Waals surface area contributed by atoms with Gasteiger partial charge in [-0.2, -0.15) is 0 Å². The van der Waals surface area contributed by atoms with E-state index in [2.05, 4.69) is 13.8 Å². The van der Waals surface area contributed by atoms with Crippen molar-refractivity contribution in [2.45, 2.75) is 379 Å². The quantitative estimate of drug-likeness (QED) is 0.0278. The van der Waals surface area contributed by atoms with E-state index in [1.165, 1.54) is 302 Å². The molecule has 0 aliphatic heterocycles. The lowest BCUT2D eigenvalue weighted by molar-refractivity contribution is -0.870. The smallest absolute Gasteiger partial charge is 0.361 e. The molecule has 0 rings (SSSR count). The lowest BCUT2D eigenvalue weighted by Crippen LogP contribution is -2.40. The van der Waals surface area contributed by atoms with E-state index in [0.717, 1.165) is 38.5 Å². The first-order valence-corrected chi connectivity index (χ1v) is 34.7. The molecule has 0 radical (unpaired) electrons. The second kappa shape index (κ2) is 61.4. The molecule has 464 valence electrons. The normalized spacial score (nSPS) is 12.6. The first-order valence-electron chi connectivity index (χ1n) is 34.7. The summed E-state index contributed by atoms with van der Waals surface area (Å²) < 4.78 is 23.0. The Kier molecular flexibility index (Phi) is 60.0. The van der Waals surface area contributed by atoms with Crippen LogP contribution in [0.1, 0.15) is 367 Å². The Labute approximate surface area is 485 Å². The van der Waals surface area contributed by atoms with Crippen LogP contribution in [0.4, 0.5) is 0 Å². The van der Waals surface area contributed by atoms with Crippen LogP contribution in [0.3, 0.4) is 0 Å². The molecule has 0 aromatic carbocycles. The van der Waals surface area contributed by atoms with Crippen LogP contribution < -0.4 is 0 Å². The predicted octanol–water partition coefficient (Wildman–Crippen LogP) is 21.1. The van der Waals surface area contributed by atoms with Gasteiger partial charge in [0, 0.05) is 12.8 Å². The summed E-state index contributed by atoms with van der Waals surface area (Å²) in [6.45, 7) is 4.96. The molecule has 0 heterocycles. The monoisotopic (exact) mass is 1110 g/mol. The van der Waals surface area contributed by atoms with Crippen molar-refractivity contribution in [3.63, 3.8) is 0 Å². The van der Waals surface area contributed by atoms with Crippen molar-refractivity contribution >= 4 is 17.9 Å². The molecule has 9 heteroatoms. The molecule has 0 fully saturated rings. The standard InChI is InChI=1S/C69H135NO8/c1-6-8-10-12-14-16-18-20-22-24-25-26-27-28-29-30-31-32-33-34-35-36-37-38-39-40-41-42-43-44-46-48-50-52-54-56-58-60-67(72)78-65(64-77-69(68(73)74)75-62-61-70(3,4)5)63-76-66(71)59-57-55-53-51-49-47-45-23-21-19-17-15-13-11-9-7-2/h65,69H,6-64H2,1-5H3/p+1. The van der Waals surface area contributed by atoms with Gasteiger partial charge in [-0.1, -0.05) is 341 Å². The number of aliphatic carboxylic acids is 1. The maximum absolute atomic E-state index is 12.9. The molecular weight excluding hydrogens is 971 g/mol. The van der Waals surface area contributed by atoms with Crippen molar-refractivity contribution < 1.29 is 42.9 Å². The number of hydrogen-bond acceptors (Lipinski definition) is 7. The molecule has 0 bridgehead atoms. The summed E-state index contributed by atoms with van der Waals surface area (Å²) in [6, 6.07) is 0. The van der Waals surface area contributed by atoms with Gasteiger partial charge in [-0.3, -0.25) is 9.59 Å². The van der Waals surface area contributed by atoms with Gasteiger partial charge in [0.05, 0.1) is 34.4 Å². The van der Waals surface area contributed by atoms with Crippen molar-refractivity contribution in [2.24, 2.45) is 0 Å². The van der Waals surface area contributed by atoms with E-state index in [1.807, 2.05) is 21.1 Å². The van der Waals surface area contributed by atoms with Gasteiger partial charge in [0.1, 0.15) is 13.2 Å². The van der Waals surface area contributed by atoms with Crippen LogP contribution in [0.25, 0.3) is 0 Å². The molecule has 2 unspecified atom stereocenters. The summed E-state index contributed by atoms with van der Waals surface area (Å²) in [5.41, 5.74) is 0. The zero-order chi connectivity index (χ0) is 56.9. The maximum Gasteiger partial charge on any atom is 0.361 e. The molecular formula is C69H136NO8+. The molecule has 0 saturated heterocycles. The topological polar surface area (TPSA) is 108 Å². The minimum Gasteiger partial charge on any atom is -0.477 e. The molecule has 0 amide bonds. The molecule has 78 heavy (non-hydrogen) atoms. The number of carboxylic acid groups (broad SMARTS) is 1. The third-order valence-electron chi connectivity index (χ3n) is 16.1. The highest BCUT2D eigenvalue weighted by molar-refractivity contribution is 5.71. The van der Waals surface area contributed by atoms with E-state index in [4.69, 9.17) is 18.9 Å². The third-order valence-corrected chi connectivity index (χ3v) is 16.1. The van der Waals surface area contributed by atoms with Gasteiger partial charge < -0.3 is 28.5 Å². The van der Waals surface area contributed by atoms with Crippen LogP contribution >= 0.6 is 0 Å². The summed E-state index contributed by atoms with van der Waals surface area (Å²) in [5.74, 6) is -1.97. The molecule has 0 aliphatic carbocycles. The zero-order valence-electron chi connectivity index (χ0n) is 53.1. The van der Waals surface area contributed by atoms with Gasteiger partial charge in [-0.05, 0) is 12.8 Å². The van der Waals surface area contributed by atoms with Crippen LogP contribution in [0, 0.1) is 0 Å². The highest BCUT2D eigenvalue weighted by atomic mass is 16.7. The Morgan fingerprint density at radius 1 is 0.333 bits per heavy atom. The number of esters is 2. The molecule has 0 aliphatic rings. The summed E-state index contributed by atoms with van der Waals surface area (Å²) in [7, 11) is 5.99. The van der Waals surface area contributed by atoms with Crippen LogP contribution in [-0.2, 0) is 33.3 Å². The number of carbonyl (C=O) groups is 3. The highest BCUT2D eigenvalue weighted by Crippen LogP contribution is 2.19. The number of carboxylic acids is 1. The number of rotatable bonds is 66. The van der Waals surface area contributed by atoms with E-state index in [0.29, 0.717) is 17.4 Å². The molecule has 0 spiro atoms. The molecule has 2 atom stereocenters. The first-order chi connectivity index (χ1) is 38.1. The van der Waals surface area contributed by atoms with Gasteiger partial charge in [0.2, 0.25) is 0 Å². The van der Waals surface area contributed by atoms with E-state index < -0.39 is 18.4 Å². The molecule has 0 saturated carbocycles. The van der Waals surface area contributed by atoms with Gasteiger partial charge in [-0.15, -0.1) is 0 Å². The van der Waals surface area contributed by atoms with Crippen LogP contribution in [0.5, 0.6) is 0 Å². The third kappa shape index (κ3) is 61.9. The van der Waals surface area contributed by atoms with E-state index in [-0.39, 0.29) is 38.2 Å². The second-order valence-electron chi connectivity index (χ2n) is 25.2. The predicted molar refractivity (Wildman–Crippen MR) is 332 cm³/mol. The molecule has 0 aromatic rings. The van der Waals surface area contributed by atoms with Gasteiger partial charge in [0.15, 0.2) is 6.10 Å². The Bertz CT molecular complexity index is 1240. The number of hydrogen-bond donors (Lipinski definition) is 1. The first kappa shape index (κ1) is 76.3. The Hall–Kier alpha value is -1.71. The number of nitrogens with zero attached hydrogens (tertiary/aromatic N) is 1. The molecule has 9 nitrogen and oxygen atoms in total. The average Bonchev–Trinajstić information content (AvgIpc) is 3.41. The summed E-state index contributed by atoms with van der Waals surface area (Å²) in [6.07, 6.45) is 69.5. The van der Waals surface area contributed by atoms with Crippen molar-refractivity contribution in [3.8, 4) is 0 Å². The fourth-order valence-corrected chi connectivity index (χ4v) is 10.8. The molecule has 0 aromatic heterocycles. The van der Waals surface area contributed by atoms with Crippen LogP contribution in [-0.4, -0.2) is 87.4 Å². The van der Waals surface area contributed by atoms with Gasteiger partial charge in [0.25, 0.3) is 6.29 Å². The van der Waals surface area contributed by atoms with Gasteiger partial charge in [-0.25, -0.2) is 4.79 Å². The van der Waals surface area contributed by atoms with Crippen molar-refractivity contribution in [2.75, 3.05) is 47.5 Å². The SMILES string of the molecule is CCCCCCCCCCCCCCCCCCCCCCCCCCCCCCCCCCCCCCCC(=O)OC(COC(=O)CCCCCCCCCCCCCCCCCC)COC(OCC[N+](C)(C)C)C(=O)O. The second-order valence-corrected chi connectivity index (χ2v) is 25.2. The van der Waals surface area contributed by atoms with E-state index in [9.17, 15) is 19.5 Å². The maximum atomic E-state index is 12.9. The molecule has 1 N–H and O–H groups in total. The number of ether oxygens (including phenoxy) is 4. The minimum absolute atomic E-state index is 0.172. The Balaban J connectivity index is 3.93. The van der Waals surface area contributed by atoms with Crippen molar-refractivity contribution in [1.82, 2.24) is 0 Å². The summed E-state index contributed by atoms with van der Waals surface area (Å²) in [4.78, 5) is 37.5. The number of quaternary nitrogens is 1. The zero-order valence-corrected chi connectivity index (χ0v) is 53.1. The lowest BCUT2D eigenvalue weighted by Gasteiger charge is -2.25. The fourth-order valence-electron chi connectivity index (χ4n) is 10.8. The Morgan fingerprint density at radius 2 is 0.577 bits per heavy atom. The fraction of sp³-hybridized carbons (Fsp3) is 0.957. The minimum atomic E-state index is -1.50. The van der Waals surface area contributed by atoms with E-state index in [1.54, 1.807) is 0 Å². The Morgan fingerprint density at radius 3 is 0.821 bits per heavy atom. The number of unbranched alkanes of at least 4 members (excludes halogenated alkanes) is 51. The van der Waals surface area contributed by atoms with Crippen LogP contribution in [0.2, 0.25) is 0 Å². The highest BCUT2D eigenvalue weighted by Gasteiger charge is 2.25. The average molecular weight is 1110 g/mol. The van der Waals surface area contributed by atoms with E-state index >= 15 is 0 Å². The van der Waals surface area contributed by atoms with Crippen molar-refractivity contribution in [3.05, 3.63) is 0 Å². The summed E-state index contributed by atoms with van der Waals surface area (Å²) >= 11 is 0. The van der Waals surface area contributed by atoms with Crippen molar-refractivity contribution in [1.29, 1.82) is 0 Å². The van der Waals surface area contributed by atoms with Gasteiger partial charge >= 0.3 is 17.9 Å². The largest absolute Gasteiger partial charge is 0.477 e. The van der Waals surface area contributed by atoms with Crippen LogP contribution in [0.15, 0.2) is 0 Å². The number of likely N-dealkylation sites (N-methyl/N-ethyl adjacent to an activating group) is 1. The number of carbonyl (C=O) groups excluding carboxylic acids is 2.